The van der Waals surface area contributed by atoms with Gasteiger partial charge in [-0.15, -0.1) is 0 Å². The molecule has 266 valence electrons. The summed E-state index contributed by atoms with van der Waals surface area (Å²) in [6.07, 6.45) is 1.32. The molecule has 0 aliphatic carbocycles. The van der Waals surface area contributed by atoms with Crippen LogP contribution in [0, 0.1) is 31.1 Å². The van der Waals surface area contributed by atoms with Crippen molar-refractivity contribution in [1.82, 2.24) is 10.6 Å². The van der Waals surface area contributed by atoms with Gasteiger partial charge in [0, 0.05) is 25.3 Å². The minimum atomic E-state index is -1.20. The van der Waals surface area contributed by atoms with E-state index < -0.39 is 47.4 Å². The van der Waals surface area contributed by atoms with E-state index in [4.69, 9.17) is 30.5 Å². The molecule has 49 heavy (non-hydrogen) atoms. The standard InChI is InChI=1S/C38H49ClN2O8/c1-21(2)16-31-36(44)47-29(24(5)33-34(49-33)26-17-22(3)12-13-23(26)4)10-9-11-32(42)41-28(19-25-14-15-30(46-8)27(39)18-25)35(43)40-20-38(6,7)37(45)48-31/h9,11-15,17-18,21,24,28-29,31,33-34H,10,16,19-20H2,1-8H3,(H,40,43)(H,41,42)/b11-9+/t24-,28+,29-,31-,33+,34+/m0/s1. The molecule has 0 aromatic heterocycles. The van der Waals surface area contributed by atoms with Gasteiger partial charge in [0.2, 0.25) is 11.8 Å². The number of ether oxygens (including phenoxy) is 4. The number of carbonyl (C=O) groups excluding carboxylic acids is 4. The van der Waals surface area contributed by atoms with Gasteiger partial charge >= 0.3 is 11.9 Å². The first-order valence-electron chi connectivity index (χ1n) is 16.8. The van der Waals surface area contributed by atoms with E-state index in [1.54, 1.807) is 38.1 Å². The predicted molar refractivity (Wildman–Crippen MR) is 186 cm³/mol. The molecule has 0 radical (unpaired) electrons. The zero-order chi connectivity index (χ0) is 36.0. The van der Waals surface area contributed by atoms with Gasteiger partial charge in [-0.2, -0.15) is 0 Å². The van der Waals surface area contributed by atoms with Gasteiger partial charge in [-0.1, -0.05) is 68.3 Å². The first-order chi connectivity index (χ1) is 23.1. The van der Waals surface area contributed by atoms with Gasteiger partial charge in [0.15, 0.2) is 6.10 Å². The number of halogens is 1. The zero-order valence-corrected chi connectivity index (χ0v) is 30.4. The minimum absolute atomic E-state index is 0.0193. The Morgan fingerprint density at radius 3 is 2.43 bits per heavy atom. The third-order valence-electron chi connectivity index (χ3n) is 9.02. The molecule has 1 saturated heterocycles. The van der Waals surface area contributed by atoms with Crippen LogP contribution in [0.15, 0.2) is 48.6 Å². The predicted octanol–water partition coefficient (Wildman–Crippen LogP) is 5.74. The molecule has 2 aliphatic rings. The average Bonchev–Trinajstić information content (AvgIpc) is 3.83. The number of epoxide rings is 1. The summed E-state index contributed by atoms with van der Waals surface area (Å²) in [5.41, 5.74) is 2.81. The number of methoxy groups -OCH3 is 1. The third-order valence-corrected chi connectivity index (χ3v) is 9.32. The fourth-order valence-electron chi connectivity index (χ4n) is 5.87. The van der Waals surface area contributed by atoms with Crippen molar-refractivity contribution >= 4 is 35.4 Å². The highest BCUT2D eigenvalue weighted by molar-refractivity contribution is 6.32. The first-order valence-corrected chi connectivity index (χ1v) is 17.2. The number of amides is 2. The minimum Gasteiger partial charge on any atom is -0.495 e. The molecule has 10 nitrogen and oxygen atoms in total. The monoisotopic (exact) mass is 696 g/mol. The molecule has 2 aliphatic heterocycles. The Labute approximate surface area is 294 Å². The highest BCUT2D eigenvalue weighted by atomic mass is 35.5. The quantitative estimate of drug-likeness (QED) is 0.264. The number of hydrogen-bond acceptors (Lipinski definition) is 8. The second-order valence-corrected chi connectivity index (χ2v) is 14.6. The van der Waals surface area contributed by atoms with Gasteiger partial charge in [-0.05, 0) is 74.9 Å². The molecule has 2 aromatic carbocycles. The lowest BCUT2D eigenvalue weighted by Gasteiger charge is -2.29. The number of benzene rings is 2. The van der Waals surface area contributed by atoms with Crippen molar-refractivity contribution in [2.24, 2.45) is 17.3 Å². The highest BCUT2D eigenvalue weighted by Gasteiger charge is 2.48. The van der Waals surface area contributed by atoms with Gasteiger partial charge in [-0.25, -0.2) is 4.79 Å². The number of rotatable bonds is 8. The summed E-state index contributed by atoms with van der Waals surface area (Å²) >= 11 is 6.33. The summed E-state index contributed by atoms with van der Waals surface area (Å²) in [5.74, 6) is -2.07. The molecule has 4 rings (SSSR count). The van der Waals surface area contributed by atoms with E-state index in [9.17, 15) is 19.2 Å². The molecule has 11 heteroatoms. The van der Waals surface area contributed by atoms with Crippen molar-refractivity contribution in [3.8, 4) is 5.75 Å². The summed E-state index contributed by atoms with van der Waals surface area (Å²) in [6, 6.07) is 10.4. The van der Waals surface area contributed by atoms with Crippen molar-refractivity contribution in [1.29, 1.82) is 0 Å². The average molecular weight is 697 g/mol. The van der Waals surface area contributed by atoms with E-state index in [1.807, 2.05) is 34.6 Å². The molecular formula is C38H49ClN2O8. The number of carbonyl (C=O) groups is 4. The van der Waals surface area contributed by atoms with E-state index in [1.165, 1.54) is 13.2 Å². The fraction of sp³-hybridized carbons (Fsp3) is 0.526. The van der Waals surface area contributed by atoms with E-state index >= 15 is 0 Å². The van der Waals surface area contributed by atoms with E-state index in [-0.39, 0.29) is 49.9 Å². The topological polar surface area (TPSA) is 133 Å². The highest BCUT2D eigenvalue weighted by Crippen LogP contribution is 2.46. The summed E-state index contributed by atoms with van der Waals surface area (Å²) in [4.78, 5) is 53.8. The third kappa shape index (κ3) is 10.1. The molecule has 1 fully saturated rings. The van der Waals surface area contributed by atoms with Gasteiger partial charge in [0.05, 0.1) is 23.7 Å². The van der Waals surface area contributed by atoms with Gasteiger partial charge < -0.3 is 29.6 Å². The zero-order valence-electron chi connectivity index (χ0n) is 29.6. The van der Waals surface area contributed by atoms with Crippen LogP contribution in [0.3, 0.4) is 0 Å². The van der Waals surface area contributed by atoms with Crippen LogP contribution in [0.25, 0.3) is 0 Å². The van der Waals surface area contributed by atoms with Crippen molar-refractivity contribution in [3.05, 3.63) is 75.8 Å². The van der Waals surface area contributed by atoms with Crippen LogP contribution >= 0.6 is 11.6 Å². The largest absolute Gasteiger partial charge is 0.495 e. The Bertz CT molecular complexity index is 1570. The Kier molecular flexibility index (Phi) is 12.5. The Morgan fingerprint density at radius 2 is 1.76 bits per heavy atom. The maximum atomic E-state index is 13.7. The molecule has 0 spiro atoms. The van der Waals surface area contributed by atoms with E-state index in [0.717, 1.165) is 16.7 Å². The summed E-state index contributed by atoms with van der Waals surface area (Å²) in [5, 5.41) is 5.93. The number of nitrogens with one attached hydrogen (secondary N) is 2. The normalized spacial score (nSPS) is 26.2. The number of esters is 2. The van der Waals surface area contributed by atoms with Gasteiger partial charge in [-0.3, -0.25) is 14.4 Å². The van der Waals surface area contributed by atoms with Gasteiger partial charge in [0.1, 0.15) is 24.0 Å². The molecule has 2 amide bonds. The van der Waals surface area contributed by atoms with E-state index in [0.29, 0.717) is 16.3 Å². The molecule has 0 saturated carbocycles. The Hall–Kier alpha value is -3.89. The summed E-state index contributed by atoms with van der Waals surface area (Å²) < 4.78 is 23.3. The molecule has 2 N–H and O–H groups in total. The second-order valence-electron chi connectivity index (χ2n) is 14.2. The summed E-state index contributed by atoms with van der Waals surface area (Å²) in [7, 11) is 1.51. The summed E-state index contributed by atoms with van der Waals surface area (Å²) in [6.45, 7) is 13.0. The Balaban J connectivity index is 1.62. The van der Waals surface area contributed by atoms with Crippen molar-refractivity contribution in [2.45, 2.75) is 98.2 Å². The fourth-order valence-corrected chi connectivity index (χ4v) is 6.15. The van der Waals surface area contributed by atoms with Crippen LogP contribution in [0.5, 0.6) is 5.75 Å². The van der Waals surface area contributed by atoms with Crippen molar-refractivity contribution in [2.75, 3.05) is 13.7 Å². The lowest BCUT2D eigenvalue weighted by Crippen LogP contribution is -2.51. The lowest BCUT2D eigenvalue weighted by molar-refractivity contribution is -0.179. The van der Waals surface area contributed by atoms with E-state index in [2.05, 4.69) is 28.8 Å². The molecule has 6 atom stereocenters. The number of hydrogen-bond donors (Lipinski definition) is 2. The molecule has 0 unspecified atom stereocenters. The molecular weight excluding hydrogens is 648 g/mol. The van der Waals surface area contributed by atoms with Crippen LogP contribution < -0.4 is 15.4 Å². The van der Waals surface area contributed by atoms with Crippen molar-refractivity contribution in [3.63, 3.8) is 0 Å². The van der Waals surface area contributed by atoms with Crippen molar-refractivity contribution < 1.29 is 38.1 Å². The number of cyclic esters (lactones) is 2. The maximum absolute atomic E-state index is 13.7. The van der Waals surface area contributed by atoms with Gasteiger partial charge in [0.25, 0.3) is 0 Å². The SMILES string of the molecule is COc1ccc(C[C@H]2NC(=O)/C=C/C[C@@H]([C@H](C)[C@H]3O[C@@H]3c3cc(C)ccc3C)OC(=O)[C@H](CC(C)C)OC(=O)C(C)(C)CNC2=O)cc1Cl. The second kappa shape index (κ2) is 16.2. The Morgan fingerprint density at radius 1 is 1.02 bits per heavy atom. The van der Waals surface area contributed by atoms with Crippen LogP contribution in [-0.2, 0) is 39.8 Å². The lowest BCUT2D eigenvalue weighted by atomic mass is 9.91. The molecule has 0 bridgehead atoms. The maximum Gasteiger partial charge on any atom is 0.347 e. The van der Waals surface area contributed by atoms with Crippen LogP contribution in [0.2, 0.25) is 5.02 Å². The van der Waals surface area contributed by atoms with Crippen LogP contribution in [0.4, 0.5) is 0 Å². The molecule has 2 aromatic rings. The molecule has 2 heterocycles. The van der Waals surface area contributed by atoms with Crippen LogP contribution in [-0.4, -0.2) is 61.8 Å². The number of aryl methyl sites for hydroxylation is 2. The van der Waals surface area contributed by atoms with Crippen LogP contribution in [0.1, 0.15) is 75.8 Å². The first kappa shape index (κ1) is 37.9. The smallest absolute Gasteiger partial charge is 0.347 e.